The summed E-state index contributed by atoms with van der Waals surface area (Å²) in [5, 5.41) is 6.49. The van der Waals surface area contributed by atoms with Gasteiger partial charge in [0.15, 0.2) is 11.5 Å². The zero-order valence-corrected chi connectivity index (χ0v) is 29.9. The summed E-state index contributed by atoms with van der Waals surface area (Å²) in [6, 6.07) is 0. The number of carbonyl (C=O) groups excluding carboxylic acids is 2. The largest absolute Gasteiger partial charge is 0.464 e. The summed E-state index contributed by atoms with van der Waals surface area (Å²) in [5.41, 5.74) is 4.81. The molecule has 14 heteroatoms. The monoisotopic (exact) mass is 677 g/mol. The van der Waals surface area contributed by atoms with Gasteiger partial charge in [0.05, 0.1) is 32.2 Å². The molecule has 0 unspecified atom stereocenters. The van der Waals surface area contributed by atoms with Crippen molar-refractivity contribution in [3.63, 3.8) is 0 Å². The Labute approximate surface area is 279 Å². The fourth-order valence-corrected chi connectivity index (χ4v) is 9.16. The molecule has 2 fully saturated rings. The van der Waals surface area contributed by atoms with Crippen molar-refractivity contribution in [3.8, 4) is 0 Å². The van der Waals surface area contributed by atoms with Crippen LogP contribution in [0.1, 0.15) is 112 Å². The van der Waals surface area contributed by atoms with E-state index in [0.29, 0.717) is 43.8 Å². The maximum atomic E-state index is 15.0. The van der Waals surface area contributed by atoms with Crippen LogP contribution in [0.3, 0.4) is 0 Å². The third-order valence-electron chi connectivity index (χ3n) is 9.57. The fourth-order valence-electron chi connectivity index (χ4n) is 6.49. The third kappa shape index (κ3) is 9.10. The Kier molecular flexibility index (Phi) is 13.2. The van der Waals surface area contributed by atoms with Gasteiger partial charge in [0.25, 0.3) is 0 Å². The van der Waals surface area contributed by atoms with Crippen molar-refractivity contribution < 1.29 is 28.4 Å². The SMILES string of the molecule is CCCCCCOC(=O)[C@@]1(NP(=O)(CO[C@H](C)Cn2cnc3c(N)ncnc32)N[C@]2(C(=O)OCCCCCC)C[C@H]2CC)C[C@H]1CC. The Morgan fingerprint density at radius 1 is 0.915 bits per heavy atom. The topological polar surface area (TPSA) is 173 Å². The first-order valence-electron chi connectivity index (χ1n) is 17.6. The van der Waals surface area contributed by atoms with E-state index in [9.17, 15) is 9.59 Å². The summed E-state index contributed by atoms with van der Waals surface area (Å²) in [6.07, 6.45) is 12.7. The molecule has 2 heterocycles. The van der Waals surface area contributed by atoms with E-state index in [2.05, 4.69) is 39.0 Å². The first-order valence-corrected chi connectivity index (χ1v) is 19.5. The molecule has 0 saturated heterocycles. The van der Waals surface area contributed by atoms with Crippen molar-refractivity contribution in [2.75, 3.05) is 25.3 Å². The van der Waals surface area contributed by atoms with E-state index >= 15 is 4.57 Å². The number of esters is 2. The number of nitrogen functional groups attached to an aromatic ring is 1. The van der Waals surface area contributed by atoms with Crippen molar-refractivity contribution in [1.29, 1.82) is 0 Å². The molecule has 0 aromatic carbocycles. The predicted molar refractivity (Wildman–Crippen MR) is 181 cm³/mol. The second-order valence-electron chi connectivity index (χ2n) is 13.4. The zero-order chi connectivity index (χ0) is 34.1. The lowest BCUT2D eigenvalue weighted by atomic mass is 10.2. The Morgan fingerprint density at radius 2 is 1.47 bits per heavy atom. The van der Waals surface area contributed by atoms with Crippen LogP contribution < -0.4 is 15.9 Å². The van der Waals surface area contributed by atoms with Crippen LogP contribution in [0.5, 0.6) is 0 Å². The van der Waals surface area contributed by atoms with Crippen LogP contribution >= 0.6 is 7.44 Å². The van der Waals surface area contributed by atoms with Gasteiger partial charge in [-0.1, -0.05) is 79.1 Å². The maximum Gasteiger partial charge on any atom is 0.327 e. The minimum Gasteiger partial charge on any atom is -0.464 e. The number of hydrogen-bond acceptors (Lipinski definition) is 10. The number of anilines is 1. The van der Waals surface area contributed by atoms with Gasteiger partial charge in [0, 0.05) is 0 Å². The normalized spacial score (nSPS) is 24.3. The number of nitrogens with two attached hydrogens (primary N) is 1. The predicted octanol–water partition coefficient (Wildman–Crippen LogP) is 5.73. The number of fused-ring (bicyclic) bond motifs is 1. The van der Waals surface area contributed by atoms with Gasteiger partial charge >= 0.3 is 11.9 Å². The van der Waals surface area contributed by atoms with Gasteiger partial charge in [-0.25, -0.2) is 25.1 Å². The second kappa shape index (κ2) is 16.7. The molecule has 2 aliphatic carbocycles. The van der Waals surface area contributed by atoms with Gasteiger partial charge in [0.1, 0.15) is 29.3 Å². The van der Waals surface area contributed by atoms with E-state index in [0.717, 1.165) is 64.2 Å². The molecule has 47 heavy (non-hydrogen) atoms. The summed E-state index contributed by atoms with van der Waals surface area (Å²) in [4.78, 5) is 39.8. The highest BCUT2D eigenvalue weighted by molar-refractivity contribution is 7.59. The number of unbranched alkanes of at least 4 members (excludes halogenated alkanes) is 6. The van der Waals surface area contributed by atoms with Crippen LogP contribution in [0.25, 0.3) is 11.2 Å². The Hall–Kier alpha value is -2.60. The summed E-state index contributed by atoms with van der Waals surface area (Å²) in [5.74, 6) is -0.580. The van der Waals surface area contributed by atoms with Crippen molar-refractivity contribution in [2.45, 2.75) is 135 Å². The van der Waals surface area contributed by atoms with E-state index in [1.165, 1.54) is 6.33 Å². The van der Waals surface area contributed by atoms with Crippen LogP contribution in [0, 0.1) is 11.8 Å². The van der Waals surface area contributed by atoms with Gasteiger partial charge in [-0.15, -0.1) is 0 Å². The number of carbonyl (C=O) groups is 2. The highest BCUT2D eigenvalue weighted by Crippen LogP contribution is 2.58. The number of nitrogens with one attached hydrogen (secondary N) is 2. The number of imidazole rings is 1. The van der Waals surface area contributed by atoms with Crippen LogP contribution in [0.15, 0.2) is 12.7 Å². The molecule has 0 aliphatic heterocycles. The van der Waals surface area contributed by atoms with Crippen LogP contribution in [0.4, 0.5) is 5.82 Å². The summed E-state index contributed by atoms with van der Waals surface area (Å²) >= 11 is 0. The molecule has 4 rings (SSSR count). The Balaban J connectivity index is 1.52. The van der Waals surface area contributed by atoms with Crippen LogP contribution in [-0.2, 0) is 34.9 Å². The fraction of sp³-hybridized carbons (Fsp3) is 0.788. The average Bonchev–Trinajstić information content (AvgIpc) is 3.92. The molecule has 0 bridgehead atoms. The minimum atomic E-state index is -3.74. The molecule has 4 N–H and O–H groups in total. The van der Waals surface area contributed by atoms with E-state index in [1.807, 2.05) is 20.8 Å². The van der Waals surface area contributed by atoms with E-state index in [-0.39, 0.29) is 24.0 Å². The van der Waals surface area contributed by atoms with Crippen molar-refractivity contribution >= 4 is 36.4 Å². The highest BCUT2D eigenvalue weighted by Gasteiger charge is 2.67. The molecular weight excluding hydrogens is 621 g/mol. The number of nitrogens with zero attached hydrogens (tertiary/aromatic N) is 4. The standard InChI is InChI=1S/C33H56N7O6P/c1-6-10-12-14-16-44-30(41)32(18-25(32)8-3)38-47(43,39-33(19-26(33)9-4)31(42)45-17-15-13-11-7-2)23-46-24(5)20-40-22-37-27-28(34)35-21-36-29(27)40/h21-22,24-26H,6-20,23H2,1-5H3,(H2,34,35,36)(H2,38,39,43)/t24-,25-,26-,32-,33-/m1/s1. The summed E-state index contributed by atoms with van der Waals surface area (Å²) < 4.78 is 34.6. The first-order chi connectivity index (χ1) is 22.6. The molecule has 0 amide bonds. The lowest BCUT2D eigenvalue weighted by Gasteiger charge is -2.31. The molecule has 2 aromatic heterocycles. The van der Waals surface area contributed by atoms with E-state index in [1.54, 1.807) is 10.9 Å². The molecule has 2 aromatic rings. The quantitative estimate of drug-likeness (QED) is 0.0742. The lowest BCUT2D eigenvalue weighted by molar-refractivity contribution is -0.148. The second-order valence-corrected chi connectivity index (χ2v) is 15.5. The lowest BCUT2D eigenvalue weighted by Crippen LogP contribution is -2.49. The highest BCUT2D eigenvalue weighted by atomic mass is 31.2. The van der Waals surface area contributed by atoms with Crippen molar-refractivity contribution in [1.82, 2.24) is 29.7 Å². The van der Waals surface area contributed by atoms with Crippen molar-refractivity contribution in [3.05, 3.63) is 12.7 Å². The maximum absolute atomic E-state index is 15.0. The average molecular weight is 678 g/mol. The van der Waals surface area contributed by atoms with Gasteiger partial charge in [-0.05, 0) is 44.4 Å². The molecular formula is C33H56N7O6P. The summed E-state index contributed by atoms with van der Waals surface area (Å²) in [6.45, 7) is 11.2. The van der Waals surface area contributed by atoms with Gasteiger partial charge in [-0.3, -0.25) is 14.2 Å². The van der Waals surface area contributed by atoms with Gasteiger partial charge < -0.3 is 24.5 Å². The molecule has 2 aliphatic rings. The number of ether oxygens (including phenoxy) is 3. The zero-order valence-electron chi connectivity index (χ0n) is 29.0. The molecule has 0 radical (unpaired) electrons. The van der Waals surface area contributed by atoms with Gasteiger partial charge in [-0.2, -0.15) is 0 Å². The number of rotatable bonds is 23. The van der Waals surface area contributed by atoms with E-state index in [4.69, 9.17) is 19.9 Å². The smallest absolute Gasteiger partial charge is 0.327 e. The van der Waals surface area contributed by atoms with Gasteiger partial charge in [0.2, 0.25) is 7.44 Å². The Bertz CT molecular complexity index is 1340. The molecule has 0 spiro atoms. The molecule has 13 nitrogen and oxygen atoms in total. The number of hydrogen-bond donors (Lipinski definition) is 3. The first kappa shape index (κ1) is 37.2. The number of aromatic nitrogens is 4. The molecule has 264 valence electrons. The van der Waals surface area contributed by atoms with Crippen LogP contribution in [0.2, 0.25) is 0 Å². The molecule has 2 saturated carbocycles. The summed E-state index contributed by atoms with van der Waals surface area (Å²) in [7, 11) is -3.74. The van der Waals surface area contributed by atoms with Crippen LogP contribution in [-0.4, -0.2) is 68.2 Å². The minimum absolute atomic E-state index is 0.0386. The molecule has 5 atom stereocenters. The third-order valence-corrected chi connectivity index (χ3v) is 11.6. The van der Waals surface area contributed by atoms with E-state index < -0.39 is 36.6 Å². The Morgan fingerprint density at radius 3 is 1.96 bits per heavy atom. The van der Waals surface area contributed by atoms with Crippen molar-refractivity contribution in [2.24, 2.45) is 11.8 Å².